The quantitative estimate of drug-likeness (QED) is 0.344. The summed E-state index contributed by atoms with van der Waals surface area (Å²) in [5.41, 5.74) is 1.66. The molecule has 0 fully saturated rings. The summed E-state index contributed by atoms with van der Waals surface area (Å²) in [6, 6.07) is 0. The van der Waals surface area contributed by atoms with Crippen molar-refractivity contribution < 1.29 is 9.22 Å². The molecule has 2 nitrogen and oxygen atoms in total. The molecule has 3 heteroatoms. The number of rotatable bonds is 9. The maximum atomic E-state index is 10.8. The lowest BCUT2D eigenvalue weighted by molar-refractivity contribution is -0.109. The van der Waals surface area contributed by atoms with Crippen molar-refractivity contribution in [1.29, 1.82) is 0 Å². The highest BCUT2D eigenvalue weighted by atomic mass is 28.4. The Morgan fingerprint density at radius 1 is 1.00 bits per heavy atom. The fraction of sp³-hybridized carbons (Fsp3) is 0.800. The van der Waals surface area contributed by atoms with Crippen LogP contribution in [0.25, 0.3) is 0 Å². The first-order chi connectivity index (χ1) is 8.32. The lowest BCUT2D eigenvalue weighted by atomic mass is 10.2. The second kappa shape index (κ2) is 7.90. The number of carbonyl (C=O) groups excluding carboxylic acids is 1. The Morgan fingerprint density at radius 2 is 1.44 bits per heavy atom. The lowest BCUT2D eigenvalue weighted by Crippen LogP contribution is -2.50. The van der Waals surface area contributed by atoms with Crippen molar-refractivity contribution in [2.24, 2.45) is 0 Å². The van der Waals surface area contributed by atoms with Crippen molar-refractivity contribution in [3.63, 3.8) is 0 Å². The third kappa shape index (κ3) is 4.06. The summed E-state index contributed by atoms with van der Waals surface area (Å²) in [7, 11) is -1.87. The molecule has 0 radical (unpaired) electrons. The van der Waals surface area contributed by atoms with Gasteiger partial charge in [-0.1, -0.05) is 47.6 Å². The summed E-state index contributed by atoms with van der Waals surface area (Å²) in [5.74, 6) is 0. The van der Waals surface area contributed by atoms with Gasteiger partial charge in [0.15, 0.2) is 0 Å². The van der Waals surface area contributed by atoms with Crippen molar-refractivity contribution in [2.75, 3.05) is 0 Å². The molecule has 0 bridgehead atoms. The average molecular weight is 270 g/mol. The molecule has 0 aliphatic carbocycles. The molecule has 0 rings (SSSR count). The monoisotopic (exact) mass is 270 g/mol. The zero-order valence-electron chi connectivity index (χ0n) is 12.9. The summed E-state index contributed by atoms with van der Waals surface area (Å²) in [5, 5.41) is 0. The largest absolute Gasteiger partial charge is 0.412 e. The smallest absolute Gasteiger partial charge is 0.200 e. The van der Waals surface area contributed by atoms with Gasteiger partial charge in [-0.25, -0.2) is 0 Å². The minimum Gasteiger partial charge on any atom is -0.412 e. The van der Waals surface area contributed by atoms with Crippen molar-refractivity contribution in [2.45, 2.75) is 77.1 Å². The fourth-order valence-electron chi connectivity index (χ4n) is 3.18. The highest BCUT2D eigenvalue weighted by Gasteiger charge is 2.46. The molecule has 0 aliphatic heterocycles. The van der Waals surface area contributed by atoms with Gasteiger partial charge in [-0.15, -0.1) is 6.58 Å². The van der Waals surface area contributed by atoms with Gasteiger partial charge < -0.3 is 9.22 Å². The van der Waals surface area contributed by atoms with Gasteiger partial charge in [0.05, 0.1) is 6.10 Å². The van der Waals surface area contributed by atoms with Crippen LogP contribution in [0.4, 0.5) is 0 Å². The minimum absolute atomic E-state index is 0.0128. The van der Waals surface area contributed by atoms with Crippen LogP contribution in [0.1, 0.15) is 54.4 Å². The molecule has 0 aromatic heterocycles. The van der Waals surface area contributed by atoms with Crippen LogP contribution in [0.5, 0.6) is 0 Å². The molecule has 0 saturated carbocycles. The van der Waals surface area contributed by atoms with E-state index in [0.29, 0.717) is 23.0 Å². The van der Waals surface area contributed by atoms with Gasteiger partial charge in [-0.3, -0.25) is 0 Å². The molecule has 18 heavy (non-hydrogen) atoms. The van der Waals surface area contributed by atoms with E-state index < -0.39 is 8.32 Å². The van der Waals surface area contributed by atoms with Crippen LogP contribution in [0.3, 0.4) is 0 Å². The van der Waals surface area contributed by atoms with Crippen molar-refractivity contribution in [3.8, 4) is 0 Å². The van der Waals surface area contributed by atoms with E-state index in [0.717, 1.165) is 12.7 Å². The normalized spacial score (nSPS) is 14.3. The van der Waals surface area contributed by atoms with Gasteiger partial charge >= 0.3 is 0 Å². The Morgan fingerprint density at radius 3 is 1.72 bits per heavy atom. The summed E-state index contributed by atoms with van der Waals surface area (Å²) < 4.78 is 6.54. The first kappa shape index (κ1) is 17.6. The van der Waals surface area contributed by atoms with Crippen LogP contribution in [0.15, 0.2) is 12.7 Å². The van der Waals surface area contributed by atoms with Gasteiger partial charge in [0.1, 0.15) is 6.29 Å². The second-order valence-corrected chi connectivity index (χ2v) is 11.4. The third-order valence-corrected chi connectivity index (χ3v) is 10.0. The van der Waals surface area contributed by atoms with E-state index in [1.165, 1.54) is 0 Å². The molecule has 0 amide bonds. The molecular formula is C15H30O2Si. The molecular weight excluding hydrogens is 240 g/mol. The molecule has 0 N–H and O–H groups in total. The Hall–Kier alpha value is -0.413. The molecule has 0 saturated heterocycles. The summed E-state index contributed by atoms with van der Waals surface area (Å²) in [6.07, 6.45) is 4.08. The molecule has 0 aromatic carbocycles. The Bertz CT molecular complexity index is 227. The van der Waals surface area contributed by atoms with Crippen LogP contribution in [-0.2, 0) is 9.22 Å². The van der Waals surface area contributed by atoms with E-state index in [4.69, 9.17) is 4.43 Å². The van der Waals surface area contributed by atoms with Crippen molar-refractivity contribution >= 4 is 14.6 Å². The SMILES string of the molecule is C=CC[C@H](CC=O)O[Si](C(C)C)(C(C)C)C(C)C. The van der Waals surface area contributed by atoms with Gasteiger partial charge in [0.25, 0.3) is 0 Å². The topological polar surface area (TPSA) is 26.3 Å². The van der Waals surface area contributed by atoms with E-state index in [1.807, 2.05) is 6.08 Å². The Kier molecular flexibility index (Phi) is 7.72. The van der Waals surface area contributed by atoms with Gasteiger partial charge in [0, 0.05) is 6.42 Å². The standard InChI is InChI=1S/C15H30O2Si/c1-8-9-15(10-11-16)17-18(12(2)3,13(4)5)14(6)7/h8,11-15H,1,9-10H2,2-7H3/t15-/m1/s1. The average Bonchev–Trinajstić information content (AvgIpc) is 2.24. The van der Waals surface area contributed by atoms with Gasteiger partial charge in [-0.05, 0) is 23.0 Å². The van der Waals surface area contributed by atoms with E-state index in [2.05, 4.69) is 48.1 Å². The molecule has 1 atom stereocenters. The van der Waals surface area contributed by atoms with Crippen LogP contribution in [-0.4, -0.2) is 20.7 Å². The number of aldehydes is 1. The van der Waals surface area contributed by atoms with E-state index in [1.54, 1.807) is 0 Å². The van der Waals surface area contributed by atoms with Crippen molar-refractivity contribution in [3.05, 3.63) is 12.7 Å². The van der Waals surface area contributed by atoms with E-state index in [9.17, 15) is 4.79 Å². The first-order valence-electron chi connectivity index (χ1n) is 7.05. The first-order valence-corrected chi connectivity index (χ1v) is 9.19. The number of hydrogen-bond donors (Lipinski definition) is 0. The Labute approximate surface area is 114 Å². The van der Waals surface area contributed by atoms with Crippen molar-refractivity contribution in [1.82, 2.24) is 0 Å². The molecule has 0 spiro atoms. The minimum atomic E-state index is -1.87. The van der Waals surface area contributed by atoms with Gasteiger partial charge in [0.2, 0.25) is 8.32 Å². The summed E-state index contributed by atoms with van der Waals surface area (Å²) in [4.78, 5) is 10.8. The summed E-state index contributed by atoms with van der Waals surface area (Å²) in [6.45, 7) is 17.3. The Balaban J connectivity index is 5.17. The van der Waals surface area contributed by atoms with Crippen LogP contribution < -0.4 is 0 Å². The van der Waals surface area contributed by atoms with Crippen LogP contribution in [0, 0.1) is 0 Å². The highest BCUT2D eigenvalue weighted by Crippen LogP contribution is 2.43. The second-order valence-electron chi connectivity index (χ2n) is 5.98. The zero-order valence-corrected chi connectivity index (χ0v) is 13.9. The highest BCUT2D eigenvalue weighted by molar-refractivity contribution is 6.77. The fourth-order valence-corrected chi connectivity index (χ4v) is 8.77. The number of hydrogen-bond acceptors (Lipinski definition) is 2. The maximum Gasteiger partial charge on any atom is 0.200 e. The number of carbonyl (C=O) groups is 1. The molecule has 0 unspecified atom stereocenters. The zero-order chi connectivity index (χ0) is 14.3. The van der Waals surface area contributed by atoms with E-state index in [-0.39, 0.29) is 6.10 Å². The van der Waals surface area contributed by atoms with E-state index >= 15 is 0 Å². The van der Waals surface area contributed by atoms with Gasteiger partial charge in [-0.2, -0.15) is 0 Å². The molecule has 0 aliphatic rings. The third-order valence-electron chi connectivity index (χ3n) is 3.87. The molecule has 106 valence electrons. The predicted octanol–water partition coefficient (Wildman–Crippen LogP) is 4.71. The predicted molar refractivity (Wildman–Crippen MR) is 81.4 cm³/mol. The van der Waals surface area contributed by atoms with Crippen LogP contribution >= 0.6 is 0 Å². The lowest BCUT2D eigenvalue weighted by Gasteiger charge is -2.44. The summed E-state index contributed by atoms with van der Waals surface area (Å²) >= 11 is 0. The molecule has 0 aromatic rings. The molecule has 0 heterocycles. The van der Waals surface area contributed by atoms with Crippen LogP contribution in [0.2, 0.25) is 16.6 Å². The maximum absolute atomic E-state index is 10.8.